The third-order valence-electron chi connectivity index (χ3n) is 5.45. The highest BCUT2D eigenvalue weighted by Crippen LogP contribution is 2.22. The number of hydrogen-bond donors (Lipinski definition) is 0. The van der Waals surface area contributed by atoms with Crippen LogP contribution in [-0.4, -0.2) is 45.0 Å². The number of ether oxygens (including phenoxy) is 1. The van der Waals surface area contributed by atoms with Crippen molar-refractivity contribution < 1.29 is 9.53 Å². The molecule has 0 bridgehead atoms. The van der Waals surface area contributed by atoms with Gasteiger partial charge in [0.2, 0.25) is 5.91 Å². The van der Waals surface area contributed by atoms with E-state index < -0.39 is 5.69 Å². The highest BCUT2D eigenvalue weighted by molar-refractivity contribution is 5.76. The minimum absolute atomic E-state index is 0.0217. The van der Waals surface area contributed by atoms with Crippen molar-refractivity contribution in [3.05, 3.63) is 93.4 Å². The molecule has 1 fully saturated rings. The molecule has 160 valence electrons. The Kier molecular flexibility index (Phi) is 6.23. The van der Waals surface area contributed by atoms with E-state index in [1.54, 1.807) is 17.9 Å². The number of benzene rings is 1. The molecule has 0 saturated carbocycles. The van der Waals surface area contributed by atoms with E-state index in [1.165, 1.54) is 10.1 Å². The second-order valence-electron chi connectivity index (χ2n) is 7.82. The molecule has 0 N–H and O–H groups in total. The largest absolute Gasteiger partial charge is 0.368 e. The van der Waals surface area contributed by atoms with E-state index in [1.807, 2.05) is 43.3 Å². The molecule has 7 heteroatoms. The molecule has 0 spiro atoms. The zero-order valence-electron chi connectivity index (χ0n) is 17.8. The van der Waals surface area contributed by atoms with Crippen molar-refractivity contribution in [2.24, 2.45) is 0 Å². The van der Waals surface area contributed by atoms with Gasteiger partial charge in [-0.15, -0.1) is 0 Å². The third-order valence-corrected chi connectivity index (χ3v) is 5.45. The van der Waals surface area contributed by atoms with Crippen LogP contribution in [-0.2, 0) is 22.5 Å². The zero-order chi connectivity index (χ0) is 21.8. The fourth-order valence-electron chi connectivity index (χ4n) is 3.84. The van der Waals surface area contributed by atoms with E-state index in [0.29, 0.717) is 25.4 Å². The molecule has 1 aliphatic rings. The van der Waals surface area contributed by atoms with Gasteiger partial charge in [0.15, 0.2) is 0 Å². The molecular formula is C24H26N4O3. The number of morpholine rings is 1. The number of carbonyl (C=O) groups excluding carboxylic acids is 1. The molecule has 2 aromatic heterocycles. The van der Waals surface area contributed by atoms with Gasteiger partial charge in [0.25, 0.3) is 0 Å². The molecule has 7 nitrogen and oxygen atoms in total. The standard InChI is InChI=1S/C24H26N4O3/c1-17-13-18(2)28(24(30)25-17)16-23(29)27-11-12-31-22(15-27)21-10-6-9-20(26-21)14-19-7-4-3-5-8-19/h3-10,13,22H,11-12,14-16H2,1-2H3/t22-/m0/s1. The number of amides is 1. The number of hydrogen-bond acceptors (Lipinski definition) is 5. The van der Waals surface area contributed by atoms with E-state index in [9.17, 15) is 9.59 Å². The lowest BCUT2D eigenvalue weighted by Crippen LogP contribution is -2.45. The van der Waals surface area contributed by atoms with Gasteiger partial charge in [0.05, 0.1) is 18.8 Å². The highest BCUT2D eigenvalue weighted by Gasteiger charge is 2.27. The van der Waals surface area contributed by atoms with Crippen LogP contribution in [0.1, 0.15) is 34.4 Å². The summed E-state index contributed by atoms with van der Waals surface area (Å²) in [5.74, 6) is -0.121. The molecule has 1 atom stereocenters. The van der Waals surface area contributed by atoms with E-state index in [0.717, 1.165) is 23.5 Å². The van der Waals surface area contributed by atoms with E-state index in [4.69, 9.17) is 9.72 Å². The van der Waals surface area contributed by atoms with Crippen molar-refractivity contribution >= 4 is 5.91 Å². The second kappa shape index (κ2) is 9.22. The summed E-state index contributed by atoms with van der Waals surface area (Å²) in [5, 5.41) is 0. The van der Waals surface area contributed by atoms with Gasteiger partial charge in [-0.2, -0.15) is 4.98 Å². The third kappa shape index (κ3) is 5.06. The van der Waals surface area contributed by atoms with Gasteiger partial charge >= 0.3 is 5.69 Å². The van der Waals surface area contributed by atoms with Crippen molar-refractivity contribution in [2.45, 2.75) is 32.9 Å². The van der Waals surface area contributed by atoms with Crippen LogP contribution < -0.4 is 5.69 Å². The molecule has 0 radical (unpaired) electrons. The lowest BCUT2D eigenvalue weighted by Gasteiger charge is -2.33. The van der Waals surface area contributed by atoms with Crippen LogP contribution in [0.4, 0.5) is 0 Å². The van der Waals surface area contributed by atoms with Gasteiger partial charge in [-0.1, -0.05) is 36.4 Å². The summed E-state index contributed by atoms with van der Waals surface area (Å²) in [4.78, 5) is 35.6. The van der Waals surface area contributed by atoms with Crippen LogP contribution in [0.3, 0.4) is 0 Å². The smallest absolute Gasteiger partial charge is 0.348 e. The molecule has 1 aromatic carbocycles. The first-order valence-electron chi connectivity index (χ1n) is 10.4. The summed E-state index contributed by atoms with van der Waals surface area (Å²) in [6.45, 7) is 4.90. The Morgan fingerprint density at radius 1 is 1.10 bits per heavy atom. The van der Waals surface area contributed by atoms with Gasteiger partial charge in [0, 0.05) is 30.0 Å². The average Bonchev–Trinajstić information content (AvgIpc) is 2.77. The molecule has 1 saturated heterocycles. The SMILES string of the molecule is Cc1cc(C)n(CC(=O)N2CCO[C@H](c3cccc(Cc4ccccc4)n3)C2)c(=O)n1. The number of pyridine rings is 1. The van der Waals surface area contributed by atoms with Crippen molar-refractivity contribution in [3.8, 4) is 0 Å². The number of carbonyl (C=O) groups is 1. The predicted molar refractivity (Wildman–Crippen MR) is 117 cm³/mol. The van der Waals surface area contributed by atoms with Crippen molar-refractivity contribution in [1.29, 1.82) is 0 Å². The summed E-state index contributed by atoms with van der Waals surface area (Å²) in [5.41, 5.74) is 3.96. The van der Waals surface area contributed by atoms with Gasteiger partial charge in [-0.25, -0.2) is 4.79 Å². The Bertz CT molecular complexity index is 1130. The minimum atomic E-state index is -0.397. The zero-order valence-corrected chi connectivity index (χ0v) is 17.8. The van der Waals surface area contributed by atoms with Crippen molar-refractivity contribution in [2.75, 3.05) is 19.7 Å². The lowest BCUT2D eigenvalue weighted by molar-refractivity contribution is -0.139. The molecule has 3 aromatic rings. The van der Waals surface area contributed by atoms with Crippen LogP contribution in [0.2, 0.25) is 0 Å². The van der Waals surface area contributed by atoms with Gasteiger partial charge < -0.3 is 9.64 Å². The minimum Gasteiger partial charge on any atom is -0.368 e. The Labute approximate surface area is 181 Å². The monoisotopic (exact) mass is 418 g/mol. The first-order chi connectivity index (χ1) is 15.0. The lowest BCUT2D eigenvalue weighted by atomic mass is 10.1. The Balaban J connectivity index is 1.46. The maximum Gasteiger partial charge on any atom is 0.348 e. The maximum absolute atomic E-state index is 12.9. The van der Waals surface area contributed by atoms with E-state index >= 15 is 0 Å². The van der Waals surface area contributed by atoms with Crippen LogP contribution >= 0.6 is 0 Å². The molecule has 1 amide bonds. The Morgan fingerprint density at radius 2 is 1.90 bits per heavy atom. The highest BCUT2D eigenvalue weighted by atomic mass is 16.5. The first kappa shape index (κ1) is 20.9. The topological polar surface area (TPSA) is 77.3 Å². The van der Waals surface area contributed by atoms with Crippen LogP contribution in [0.15, 0.2) is 59.4 Å². The summed E-state index contributed by atoms with van der Waals surface area (Å²) in [6, 6.07) is 17.9. The number of rotatable bonds is 5. The molecule has 4 rings (SSSR count). The Hall–Kier alpha value is -3.32. The number of nitrogens with zero attached hydrogens (tertiary/aromatic N) is 4. The number of aryl methyl sites for hydroxylation is 2. The molecule has 0 unspecified atom stereocenters. The number of aromatic nitrogens is 3. The summed E-state index contributed by atoms with van der Waals surface area (Å²) in [7, 11) is 0. The van der Waals surface area contributed by atoms with Gasteiger partial charge in [0.1, 0.15) is 12.6 Å². The van der Waals surface area contributed by atoms with Gasteiger partial charge in [-0.05, 0) is 37.6 Å². The fourth-order valence-corrected chi connectivity index (χ4v) is 3.84. The van der Waals surface area contributed by atoms with Gasteiger partial charge in [-0.3, -0.25) is 14.3 Å². The van der Waals surface area contributed by atoms with Crippen molar-refractivity contribution in [3.63, 3.8) is 0 Å². The maximum atomic E-state index is 12.9. The van der Waals surface area contributed by atoms with Crippen molar-refractivity contribution in [1.82, 2.24) is 19.4 Å². The molecule has 0 aliphatic carbocycles. The summed E-state index contributed by atoms with van der Waals surface area (Å²) in [6.07, 6.45) is 0.453. The summed E-state index contributed by atoms with van der Waals surface area (Å²) < 4.78 is 7.34. The average molecular weight is 418 g/mol. The molecule has 31 heavy (non-hydrogen) atoms. The van der Waals surface area contributed by atoms with Crippen LogP contribution in [0.5, 0.6) is 0 Å². The summed E-state index contributed by atoms with van der Waals surface area (Å²) >= 11 is 0. The fraction of sp³-hybridized carbons (Fsp3) is 0.333. The quantitative estimate of drug-likeness (QED) is 0.636. The van der Waals surface area contributed by atoms with Crippen LogP contribution in [0, 0.1) is 13.8 Å². The van der Waals surface area contributed by atoms with E-state index in [-0.39, 0.29) is 18.6 Å². The predicted octanol–water partition coefficient (Wildman–Crippen LogP) is 2.45. The molecule has 1 aliphatic heterocycles. The first-order valence-corrected chi connectivity index (χ1v) is 10.4. The Morgan fingerprint density at radius 3 is 2.68 bits per heavy atom. The van der Waals surface area contributed by atoms with Crippen LogP contribution in [0.25, 0.3) is 0 Å². The normalized spacial score (nSPS) is 16.3. The molecule has 3 heterocycles. The molecular weight excluding hydrogens is 392 g/mol. The van der Waals surface area contributed by atoms with E-state index in [2.05, 4.69) is 17.1 Å². The second-order valence-corrected chi connectivity index (χ2v) is 7.82.